The first kappa shape index (κ1) is 13.4. The average Bonchev–Trinajstić information content (AvgIpc) is 2.79. The molecule has 0 fully saturated rings. The van der Waals surface area contributed by atoms with Crippen LogP contribution >= 0.6 is 0 Å². The van der Waals surface area contributed by atoms with Crippen molar-refractivity contribution in [3.05, 3.63) is 30.0 Å². The highest BCUT2D eigenvalue weighted by atomic mass is 16.5. The molecule has 19 heavy (non-hydrogen) atoms. The number of esters is 1. The number of hydrogen-bond donors (Lipinski definition) is 1. The van der Waals surface area contributed by atoms with Gasteiger partial charge in [0, 0.05) is 10.9 Å². The van der Waals surface area contributed by atoms with Crippen molar-refractivity contribution in [1.82, 2.24) is 0 Å². The number of benzene rings is 1. The lowest BCUT2D eigenvalue weighted by Gasteiger charge is -2.04. The Morgan fingerprint density at radius 1 is 1.42 bits per heavy atom. The van der Waals surface area contributed by atoms with E-state index in [1.807, 2.05) is 0 Å². The predicted molar refractivity (Wildman–Crippen MR) is 69.1 cm³/mol. The first-order valence-corrected chi connectivity index (χ1v) is 6.14. The number of aliphatic hydroxyl groups is 1. The van der Waals surface area contributed by atoms with Crippen molar-refractivity contribution in [2.75, 3.05) is 19.8 Å². The van der Waals surface area contributed by atoms with E-state index < -0.39 is 0 Å². The van der Waals surface area contributed by atoms with Crippen LogP contribution in [0.4, 0.5) is 0 Å². The lowest BCUT2D eigenvalue weighted by molar-refractivity contribution is -0.142. The van der Waals surface area contributed by atoms with Gasteiger partial charge in [0.05, 0.1) is 25.9 Å². The van der Waals surface area contributed by atoms with E-state index in [1.54, 1.807) is 31.4 Å². The number of aliphatic hydroxyl groups excluding tert-OH is 1. The molecule has 0 aliphatic rings. The second-order valence-electron chi connectivity index (χ2n) is 3.97. The molecule has 0 aliphatic carbocycles. The molecular formula is C14H16O5. The van der Waals surface area contributed by atoms with Gasteiger partial charge in [-0.1, -0.05) is 0 Å². The van der Waals surface area contributed by atoms with E-state index in [1.165, 1.54) is 0 Å². The maximum atomic E-state index is 11.5. The molecule has 0 spiro atoms. The first-order chi connectivity index (χ1) is 9.24. The molecule has 0 radical (unpaired) electrons. The van der Waals surface area contributed by atoms with Crippen LogP contribution in [0.5, 0.6) is 5.75 Å². The van der Waals surface area contributed by atoms with Crippen LogP contribution in [-0.4, -0.2) is 30.9 Å². The lowest BCUT2D eigenvalue weighted by atomic mass is 10.1. The summed E-state index contributed by atoms with van der Waals surface area (Å²) in [7, 11) is 0. The molecule has 0 saturated carbocycles. The van der Waals surface area contributed by atoms with Crippen LogP contribution in [0.3, 0.4) is 0 Å². The average molecular weight is 264 g/mol. The van der Waals surface area contributed by atoms with Crippen LogP contribution in [0, 0.1) is 0 Å². The maximum absolute atomic E-state index is 11.5. The minimum atomic E-state index is -0.285. The van der Waals surface area contributed by atoms with Crippen LogP contribution in [0.25, 0.3) is 11.0 Å². The molecular weight excluding hydrogens is 248 g/mol. The SMILES string of the molecule is CCOC(=O)Cc1coc2ccc(OCCO)cc12. The van der Waals surface area contributed by atoms with Gasteiger partial charge < -0.3 is 19.0 Å². The van der Waals surface area contributed by atoms with Crippen molar-refractivity contribution in [3.8, 4) is 5.75 Å². The van der Waals surface area contributed by atoms with Gasteiger partial charge in [-0.05, 0) is 25.1 Å². The smallest absolute Gasteiger partial charge is 0.310 e. The van der Waals surface area contributed by atoms with Crippen molar-refractivity contribution >= 4 is 16.9 Å². The molecule has 5 heteroatoms. The van der Waals surface area contributed by atoms with Gasteiger partial charge in [-0.15, -0.1) is 0 Å². The highest BCUT2D eigenvalue weighted by Gasteiger charge is 2.12. The van der Waals surface area contributed by atoms with Crippen LogP contribution in [0.1, 0.15) is 12.5 Å². The number of hydrogen-bond acceptors (Lipinski definition) is 5. The fourth-order valence-electron chi connectivity index (χ4n) is 1.82. The third kappa shape index (κ3) is 3.26. The van der Waals surface area contributed by atoms with Crippen molar-refractivity contribution in [3.63, 3.8) is 0 Å². The summed E-state index contributed by atoms with van der Waals surface area (Å²) in [6, 6.07) is 5.33. The van der Waals surface area contributed by atoms with Crippen molar-refractivity contribution in [2.45, 2.75) is 13.3 Å². The zero-order valence-corrected chi connectivity index (χ0v) is 10.7. The predicted octanol–water partition coefficient (Wildman–Crippen LogP) is 1.91. The summed E-state index contributed by atoms with van der Waals surface area (Å²) in [6.07, 6.45) is 1.72. The Labute approximate surface area is 110 Å². The summed E-state index contributed by atoms with van der Waals surface area (Å²) >= 11 is 0. The van der Waals surface area contributed by atoms with Gasteiger partial charge in [-0.3, -0.25) is 4.79 Å². The van der Waals surface area contributed by atoms with Crippen molar-refractivity contribution < 1.29 is 23.8 Å². The van der Waals surface area contributed by atoms with Gasteiger partial charge in [0.25, 0.3) is 0 Å². The van der Waals surface area contributed by atoms with E-state index in [0.29, 0.717) is 17.9 Å². The van der Waals surface area contributed by atoms with E-state index in [0.717, 1.165) is 10.9 Å². The zero-order valence-electron chi connectivity index (χ0n) is 10.7. The number of fused-ring (bicyclic) bond motifs is 1. The normalized spacial score (nSPS) is 10.6. The minimum absolute atomic E-state index is 0.0426. The Morgan fingerprint density at radius 3 is 3.00 bits per heavy atom. The monoisotopic (exact) mass is 264 g/mol. The molecule has 1 N–H and O–H groups in total. The largest absolute Gasteiger partial charge is 0.491 e. The molecule has 0 aliphatic heterocycles. The van der Waals surface area contributed by atoms with Crippen molar-refractivity contribution in [2.24, 2.45) is 0 Å². The Kier molecular flexibility index (Phi) is 4.41. The Morgan fingerprint density at radius 2 is 2.26 bits per heavy atom. The van der Waals surface area contributed by atoms with Gasteiger partial charge in [-0.25, -0.2) is 0 Å². The molecule has 0 unspecified atom stereocenters. The number of carbonyl (C=O) groups is 1. The Bertz CT molecular complexity index is 558. The fourth-order valence-corrected chi connectivity index (χ4v) is 1.82. The molecule has 5 nitrogen and oxygen atoms in total. The van der Waals surface area contributed by atoms with E-state index >= 15 is 0 Å². The number of rotatable bonds is 6. The molecule has 1 aromatic heterocycles. The molecule has 2 rings (SSSR count). The topological polar surface area (TPSA) is 68.9 Å². The quantitative estimate of drug-likeness (QED) is 0.807. The molecule has 0 saturated heterocycles. The van der Waals surface area contributed by atoms with Gasteiger partial charge in [0.2, 0.25) is 0 Å². The van der Waals surface area contributed by atoms with Crippen LogP contribution in [-0.2, 0) is 16.0 Å². The lowest BCUT2D eigenvalue weighted by Crippen LogP contribution is -2.07. The van der Waals surface area contributed by atoms with E-state index in [-0.39, 0.29) is 25.6 Å². The van der Waals surface area contributed by atoms with Gasteiger partial charge >= 0.3 is 5.97 Å². The summed E-state index contributed by atoms with van der Waals surface area (Å²) in [6.45, 7) is 2.32. The maximum Gasteiger partial charge on any atom is 0.310 e. The molecule has 0 amide bonds. The van der Waals surface area contributed by atoms with E-state index in [4.69, 9.17) is 19.0 Å². The highest BCUT2D eigenvalue weighted by Crippen LogP contribution is 2.26. The molecule has 1 heterocycles. The molecule has 0 atom stereocenters. The van der Waals surface area contributed by atoms with Gasteiger partial charge in [0.1, 0.15) is 17.9 Å². The number of ether oxygens (including phenoxy) is 2. The third-order valence-corrected chi connectivity index (χ3v) is 2.63. The molecule has 0 bridgehead atoms. The van der Waals surface area contributed by atoms with Crippen molar-refractivity contribution in [1.29, 1.82) is 0 Å². The highest BCUT2D eigenvalue weighted by molar-refractivity contribution is 5.86. The number of furan rings is 1. The second-order valence-corrected chi connectivity index (χ2v) is 3.97. The second kappa shape index (κ2) is 6.24. The standard InChI is InChI=1S/C14H16O5/c1-2-17-14(16)7-10-9-19-13-4-3-11(8-12(10)13)18-6-5-15/h3-4,8-9,15H,2,5-7H2,1H3. The summed E-state index contributed by atoms with van der Waals surface area (Å²) in [5.74, 6) is 0.347. The van der Waals surface area contributed by atoms with Crippen LogP contribution < -0.4 is 4.74 Å². The third-order valence-electron chi connectivity index (χ3n) is 2.63. The van der Waals surface area contributed by atoms with Crippen LogP contribution in [0.15, 0.2) is 28.9 Å². The molecule has 1 aromatic carbocycles. The Hall–Kier alpha value is -2.01. The van der Waals surface area contributed by atoms with Crippen LogP contribution in [0.2, 0.25) is 0 Å². The summed E-state index contributed by atoms with van der Waals surface area (Å²) in [4.78, 5) is 11.5. The summed E-state index contributed by atoms with van der Waals surface area (Å²) in [5, 5.41) is 9.55. The number of carbonyl (C=O) groups excluding carboxylic acids is 1. The summed E-state index contributed by atoms with van der Waals surface area (Å²) in [5.41, 5.74) is 1.46. The summed E-state index contributed by atoms with van der Waals surface area (Å²) < 4.78 is 15.6. The zero-order chi connectivity index (χ0) is 13.7. The van der Waals surface area contributed by atoms with Gasteiger partial charge in [-0.2, -0.15) is 0 Å². The first-order valence-electron chi connectivity index (χ1n) is 6.14. The van der Waals surface area contributed by atoms with Gasteiger partial charge in [0.15, 0.2) is 0 Å². The van der Waals surface area contributed by atoms with E-state index in [9.17, 15) is 4.79 Å². The van der Waals surface area contributed by atoms with E-state index in [2.05, 4.69) is 0 Å². The molecule has 102 valence electrons. The fraction of sp³-hybridized carbons (Fsp3) is 0.357. The minimum Gasteiger partial charge on any atom is -0.491 e. The Balaban J connectivity index is 2.21. The molecule has 2 aromatic rings.